The molecule has 0 fully saturated rings. The summed E-state index contributed by atoms with van der Waals surface area (Å²) in [5.41, 5.74) is 3.62. The fourth-order valence-corrected chi connectivity index (χ4v) is 4.78. The molecule has 0 saturated heterocycles. The number of aromatic nitrogens is 4. The third-order valence-electron chi connectivity index (χ3n) is 5.80. The lowest BCUT2D eigenvalue weighted by Crippen LogP contribution is -1.97. The van der Waals surface area contributed by atoms with Crippen molar-refractivity contribution >= 4 is 27.3 Å². The molecule has 0 N–H and O–H groups in total. The van der Waals surface area contributed by atoms with Gasteiger partial charge in [-0.05, 0) is 36.8 Å². The zero-order valence-corrected chi connectivity index (χ0v) is 20.6. The average molecular weight is 519 g/mol. The predicted octanol–water partition coefficient (Wildman–Crippen LogP) is 7.02. The van der Waals surface area contributed by atoms with E-state index in [9.17, 15) is 8.78 Å². The summed E-state index contributed by atoms with van der Waals surface area (Å²) in [5.74, 6) is 1.32. The molecule has 4 aromatic heterocycles. The van der Waals surface area contributed by atoms with Gasteiger partial charge < -0.3 is 13.9 Å². The molecule has 0 aliphatic heterocycles. The Hall–Kier alpha value is -4.31. The molecule has 0 unspecified atom stereocenters. The number of hydrogen-bond donors (Lipinski definition) is 0. The van der Waals surface area contributed by atoms with Crippen molar-refractivity contribution < 1.29 is 22.7 Å². The third kappa shape index (κ3) is 4.51. The van der Waals surface area contributed by atoms with E-state index in [4.69, 9.17) is 13.9 Å². The summed E-state index contributed by atoms with van der Waals surface area (Å²) in [7, 11) is 1.58. The minimum atomic E-state index is -1.15. The van der Waals surface area contributed by atoms with Crippen molar-refractivity contribution in [3.8, 4) is 34.2 Å². The molecule has 0 amide bonds. The van der Waals surface area contributed by atoms with Crippen LogP contribution in [0.4, 0.5) is 8.78 Å². The molecule has 2 aromatic carbocycles. The molecular formula is C27H20F2N4O3S. The van der Waals surface area contributed by atoms with Gasteiger partial charge in [0.2, 0.25) is 4.96 Å². The maximum Gasteiger partial charge on any atom is 0.212 e. The number of hydrogen-bond acceptors (Lipinski definition) is 7. The van der Waals surface area contributed by atoms with E-state index in [0.29, 0.717) is 44.2 Å². The zero-order chi connectivity index (χ0) is 25.5. The number of fused-ring (bicyclic) bond motifs is 2. The van der Waals surface area contributed by atoms with Crippen molar-refractivity contribution in [1.82, 2.24) is 19.6 Å². The molecule has 4 heterocycles. The number of methoxy groups -OCH3 is 1. The number of nitrogens with zero attached hydrogens (tertiary/aromatic N) is 4. The van der Waals surface area contributed by atoms with Gasteiger partial charge in [0.1, 0.15) is 35.2 Å². The molecule has 0 aliphatic rings. The Balaban J connectivity index is 1.30. The summed E-state index contributed by atoms with van der Waals surface area (Å²) in [4.78, 5) is 9.28. The number of ether oxygens (including phenoxy) is 2. The fraction of sp³-hybridized carbons (Fsp3) is 0.148. The summed E-state index contributed by atoms with van der Waals surface area (Å²) >= 11 is 1.20. The van der Waals surface area contributed by atoms with Gasteiger partial charge in [0.05, 0.1) is 30.6 Å². The molecule has 0 radical (unpaired) electrons. The highest BCUT2D eigenvalue weighted by molar-refractivity contribution is 7.16. The first-order valence-electron chi connectivity index (χ1n) is 11.4. The maximum atomic E-state index is 13.6. The van der Waals surface area contributed by atoms with Crippen molar-refractivity contribution in [3.63, 3.8) is 0 Å². The van der Waals surface area contributed by atoms with Crippen molar-refractivity contribution in [1.29, 1.82) is 0 Å². The Kier molecular flexibility index (Phi) is 5.80. The molecule has 0 bridgehead atoms. The second-order valence-corrected chi connectivity index (χ2v) is 9.40. The summed E-state index contributed by atoms with van der Waals surface area (Å²) in [5, 5.41) is 5.37. The van der Waals surface area contributed by atoms with Crippen LogP contribution in [0.1, 0.15) is 23.7 Å². The van der Waals surface area contributed by atoms with E-state index in [2.05, 4.69) is 15.1 Å². The lowest BCUT2D eigenvalue weighted by Gasteiger charge is -2.10. The molecule has 6 rings (SSSR count). The van der Waals surface area contributed by atoms with E-state index in [-0.39, 0.29) is 12.4 Å². The van der Waals surface area contributed by atoms with Crippen LogP contribution in [0.5, 0.6) is 11.5 Å². The number of alkyl halides is 1. The van der Waals surface area contributed by atoms with Crippen LogP contribution in [0.3, 0.4) is 0 Å². The van der Waals surface area contributed by atoms with Gasteiger partial charge in [-0.25, -0.2) is 18.3 Å². The van der Waals surface area contributed by atoms with Gasteiger partial charge in [-0.1, -0.05) is 29.5 Å². The van der Waals surface area contributed by atoms with E-state index in [1.807, 2.05) is 30.3 Å². The number of pyridine rings is 1. The number of rotatable bonds is 7. The Morgan fingerprint density at radius 1 is 1.11 bits per heavy atom. The minimum Gasteiger partial charge on any atom is -0.496 e. The molecule has 0 saturated carbocycles. The summed E-state index contributed by atoms with van der Waals surface area (Å²) in [6.07, 6.45) is 1.76. The largest absolute Gasteiger partial charge is 0.496 e. The predicted molar refractivity (Wildman–Crippen MR) is 136 cm³/mol. The molecule has 1 atom stereocenters. The zero-order valence-electron chi connectivity index (χ0n) is 19.8. The van der Waals surface area contributed by atoms with Crippen LogP contribution in [0, 0.1) is 5.82 Å². The van der Waals surface area contributed by atoms with E-state index in [1.54, 1.807) is 36.0 Å². The van der Waals surface area contributed by atoms with Crippen LogP contribution in [0.25, 0.3) is 38.6 Å². The minimum absolute atomic E-state index is 0.284. The highest BCUT2D eigenvalue weighted by Crippen LogP contribution is 2.37. The Bertz CT molecular complexity index is 1690. The number of imidazole rings is 1. The van der Waals surface area contributed by atoms with Crippen LogP contribution in [0.2, 0.25) is 0 Å². The molecule has 10 heteroatoms. The first-order chi connectivity index (χ1) is 18.0. The SMILES string of the molecule is COc1cc(OCc2cccc(-c3ccc(F)cn3)c2)c2cc(-c3cn4nc([C@H](C)F)sc4n3)oc2c1. The number of benzene rings is 2. The lowest BCUT2D eigenvalue weighted by molar-refractivity contribution is 0.307. The smallest absolute Gasteiger partial charge is 0.212 e. The molecule has 6 aromatic rings. The Labute approximate surface area is 213 Å². The first kappa shape index (κ1) is 23.1. The van der Waals surface area contributed by atoms with E-state index in [1.165, 1.54) is 30.5 Å². The highest BCUT2D eigenvalue weighted by atomic mass is 32.1. The second-order valence-electron chi connectivity index (χ2n) is 8.41. The van der Waals surface area contributed by atoms with E-state index in [0.717, 1.165) is 16.5 Å². The van der Waals surface area contributed by atoms with Crippen molar-refractivity contribution in [2.75, 3.05) is 7.11 Å². The van der Waals surface area contributed by atoms with Crippen molar-refractivity contribution in [2.24, 2.45) is 0 Å². The van der Waals surface area contributed by atoms with Crippen molar-refractivity contribution in [3.05, 3.63) is 83.4 Å². The first-order valence-corrected chi connectivity index (χ1v) is 12.2. The van der Waals surface area contributed by atoms with Crippen LogP contribution in [-0.2, 0) is 6.61 Å². The molecule has 0 spiro atoms. The monoisotopic (exact) mass is 518 g/mol. The summed E-state index contributed by atoms with van der Waals surface area (Å²) in [6, 6.07) is 16.2. The molecule has 186 valence electrons. The van der Waals surface area contributed by atoms with Gasteiger partial charge >= 0.3 is 0 Å². The van der Waals surface area contributed by atoms with Crippen LogP contribution < -0.4 is 9.47 Å². The Morgan fingerprint density at radius 3 is 2.76 bits per heavy atom. The van der Waals surface area contributed by atoms with Crippen LogP contribution in [-0.4, -0.2) is 26.7 Å². The standard InChI is InChI=1S/C27H20F2N4O3S/c1-15(28)26-32-33-13-22(31-27(33)37-26)25-11-20-23(9-19(34-2)10-24(20)36-25)35-14-16-4-3-5-17(8-16)21-7-6-18(29)12-30-21/h3-13,15H,14H2,1-2H3/t15-/m0/s1. The van der Waals surface area contributed by atoms with E-state index < -0.39 is 6.17 Å². The summed E-state index contributed by atoms with van der Waals surface area (Å²) < 4.78 is 46.1. The average Bonchev–Trinajstić information content (AvgIpc) is 3.61. The molecule has 37 heavy (non-hydrogen) atoms. The van der Waals surface area contributed by atoms with Crippen LogP contribution in [0.15, 0.2) is 71.4 Å². The molecular weight excluding hydrogens is 498 g/mol. The van der Waals surface area contributed by atoms with E-state index >= 15 is 0 Å². The van der Waals surface area contributed by atoms with Gasteiger partial charge in [-0.3, -0.25) is 4.98 Å². The van der Waals surface area contributed by atoms with Crippen molar-refractivity contribution in [2.45, 2.75) is 19.7 Å². The lowest BCUT2D eigenvalue weighted by atomic mass is 10.1. The highest BCUT2D eigenvalue weighted by Gasteiger charge is 2.18. The van der Waals surface area contributed by atoms with Gasteiger partial charge in [0.25, 0.3) is 0 Å². The van der Waals surface area contributed by atoms with Gasteiger partial charge in [0.15, 0.2) is 16.9 Å². The van der Waals surface area contributed by atoms with Crippen LogP contribution >= 0.6 is 11.3 Å². The van der Waals surface area contributed by atoms with Gasteiger partial charge in [-0.2, -0.15) is 5.10 Å². The van der Waals surface area contributed by atoms with Gasteiger partial charge in [0, 0.05) is 17.7 Å². The third-order valence-corrected chi connectivity index (χ3v) is 6.88. The Morgan fingerprint density at radius 2 is 2.00 bits per heavy atom. The number of furan rings is 1. The fourth-order valence-electron chi connectivity index (χ4n) is 3.97. The number of halogens is 2. The van der Waals surface area contributed by atoms with Gasteiger partial charge in [-0.15, -0.1) is 0 Å². The maximum absolute atomic E-state index is 13.6. The normalized spacial score (nSPS) is 12.3. The summed E-state index contributed by atoms with van der Waals surface area (Å²) in [6.45, 7) is 1.73. The molecule has 0 aliphatic carbocycles. The second kappa shape index (κ2) is 9.29. The quantitative estimate of drug-likeness (QED) is 0.226. The molecule has 7 nitrogen and oxygen atoms in total. The topological polar surface area (TPSA) is 74.7 Å².